The van der Waals surface area contributed by atoms with E-state index in [0.29, 0.717) is 16.1 Å². The summed E-state index contributed by atoms with van der Waals surface area (Å²) in [5.41, 5.74) is 0.00440. The van der Waals surface area contributed by atoms with E-state index >= 15 is 0 Å². The highest BCUT2D eigenvalue weighted by Gasteiger charge is 2.23. The summed E-state index contributed by atoms with van der Waals surface area (Å²) in [4.78, 5) is 11.8. The molecule has 2 rings (SSSR count). The third-order valence-electron chi connectivity index (χ3n) is 3.69. The summed E-state index contributed by atoms with van der Waals surface area (Å²) in [5, 5.41) is 14.7. The van der Waals surface area contributed by atoms with E-state index in [1.165, 1.54) is 24.2 Å². The van der Waals surface area contributed by atoms with Crippen LogP contribution >= 0.6 is 11.8 Å². The molecule has 1 aromatic carbocycles. The Balaban J connectivity index is 2.28. The molecule has 1 aromatic rings. The van der Waals surface area contributed by atoms with E-state index in [9.17, 15) is 18.3 Å². The summed E-state index contributed by atoms with van der Waals surface area (Å²) in [6, 6.07) is 4.07. The van der Waals surface area contributed by atoms with Gasteiger partial charge in [-0.1, -0.05) is 19.8 Å². The molecule has 1 fully saturated rings. The lowest BCUT2D eigenvalue weighted by Gasteiger charge is -2.26. The summed E-state index contributed by atoms with van der Waals surface area (Å²) in [7, 11) is -3.89. The molecule has 116 valence electrons. The van der Waals surface area contributed by atoms with E-state index in [4.69, 9.17) is 5.14 Å². The first-order valence-electron chi connectivity index (χ1n) is 6.84. The first kappa shape index (κ1) is 16.3. The SMILES string of the molecule is CC1CCCC(Sc2ccc(S(N)(=O)=O)cc2C(=O)O)C1. The van der Waals surface area contributed by atoms with Crippen LogP contribution < -0.4 is 5.14 Å². The second-order valence-electron chi connectivity index (χ2n) is 5.52. The Kier molecular flexibility index (Phi) is 4.95. The number of hydrogen-bond donors (Lipinski definition) is 2. The fourth-order valence-electron chi connectivity index (χ4n) is 2.62. The summed E-state index contributed by atoms with van der Waals surface area (Å²) in [6.45, 7) is 2.20. The Hall–Kier alpha value is -1.05. The first-order chi connectivity index (χ1) is 9.77. The number of carboxylic acid groups (broad SMARTS) is 1. The molecule has 2 unspecified atom stereocenters. The van der Waals surface area contributed by atoms with Crippen LogP contribution in [0.5, 0.6) is 0 Å². The van der Waals surface area contributed by atoms with E-state index in [0.717, 1.165) is 25.3 Å². The van der Waals surface area contributed by atoms with Crippen LogP contribution in [-0.2, 0) is 10.0 Å². The van der Waals surface area contributed by atoms with Gasteiger partial charge in [-0.15, -0.1) is 11.8 Å². The molecule has 5 nitrogen and oxygen atoms in total. The molecule has 7 heteroatoms. The minimum Gasteiger partial charge on any atom is -0.478 e. The Bertz CT molecular complexity index is 642. The average Bonchev–Trinajstić information content (AvgIpc) is 2.37. The van der Waals surface area contributed by atoms with Gasteiger partial charge in [0.25, 0.3) is 0 Å². The smallest absolute Gasteiger partial charge is 0.336 e. The van der Waals surface area contributed by atoms with Crippen LogP contribution in [0.15, 0.2) is 28.0 Å². The van der Waals surface area contributed by atoms with Gasteiger partial charge in [-0.2, -0.15) is 0 Å². The monoisotopic (exact) mass is 329 g/mol. The quantitative estimate of drug-likeness (QED) is 0.885. The molecule has 1 saturated carbocycles. The predicted octanol–water partition coefficient (Wildman–Crippen LogP) is 2.70. The minimum absolute atomic E-state index is 0.00440. The Morgan fingerprint density at radius 2 is 2.10 bits per heavy atom. The molecule has 1 aliphatic carbocycles. The van der Waals surface area contributed by atoms with Gasteiger partial charge in [-0.3, -0.25) is 0 Å². The summed E-state index contributed by atoms with van der Waals surface area (Å²) in [6.07, 6.45) is 4.48. The molecule has 2 atom stereocenters. The first-order valence-corrected chi connectivity index (χ1v) is 9.27. The van der Waals surface area contributed by atoms with E-state index in [2.05, 4.69) is 6.92 Å². The van der Waals surface area contributed by atoms with Gasteiger partial charge < -0.3 is 5.11 Å². The van der Waals surface area contributed by atoms with Crippen molar-refractivity contribution >= 4 is 27.8 Å². The number of carbonyl (C=O) groups is 1. The Morgan fingerprint density at radius 3 is 2.67 bits per heavy atom. The highest BCUT2D eigenvalue weighted by Crippen LogP contribution is 2.37. The van der Waals surface area contributed by atoms with Gasteiger partial charge in [0, 0.05) is 10.1 Å². The van der Waals surface area contributed by atoms with E-state index < -0.39 is 16.0 Å². The predicted molar refractivity (Wildman–Crippen MR) is 82.1 cm³/mol. The molecular weight excluding hydrogens is 310 g/mol. The van der Waals surface area contributed by atoms with Crippen molar-refractivity contribution in [2.75, 3.05) is 0 Å². The van der Waals surface area contributed by atoms with Crippen LogP contribution in [0.3, 0.4) is 0 Å². The number of rotatable bonds is 4. The Morgan fingerprint density at radius 1 is 1.38 bits per heavy atom. The maximum atomic E-state index is 11.4. The summed E-state index contributed by atoms with van der Waals surface area (Å²) >= 11 is 1.53. The van der Waals surface area contributed by atoms with E-state index in [1.54, 1.807) is 6.07 Å². The zero-order valence-corrected chi connectivity index (χ0v) is 13.4. The van der Waals surface area contributed by atoms with Crippen molar-refractivity contribution in [3.63, 3.8) is 0 Å². The van der Waals surface area contributed by atoms with Crippen molar-refractivity contribution in [3.05, 3.63) is 23.8 Å². The zero-order valence-electron chi connectivity index (χ0n) is 11.8. The van der Waals surface area contributed by atoms with Crippen LogP contribution in [0, 0.1) is 5.92 Å². The van der Waals surface area contributed by atoms with Gasteiger partial charge in [0.05, 0.1) is 10.5 Å². The number of hydrogen-bond acceptors (Lipinski definition) is 4. The Labute approximate surface area is 129 Å². The molecular formula is C14H19NO4S2. The lowest BCUT2D eigenvalue weighted by Crippen LogP contribution is -2.16. The van der Waals surface area contributed by atoms with Crippen molar-refractivity contribution in [1.82, 2.24) is 0 Å². The van der Waals surface area contributed by atoms with Crippen molar-refractivity contribution in [1.29, 1.82) is 0 Å². The topological polar surface area (TPSA) is 97.5 Å². The maximum absolute atomic E-state index is 11.4. The summed E-state index contributed by atoms with van der Waals surface area (Å²) < 4.78 is 22.7. The van der Waals surface area contributed by atoms with Crippen molar-refractivity contribution in [2.45, 2.75) is 47.6 Å². The highest BCUT2D eigenvalue weighted by molar-refractivity contribution is 8.00. The average molecular weight is 329 g/mol. The highest BCUT2D eigenvalue weighted by atomic mass is 32.2. The number of primary sulfonamides is 1. The van der Waals surface area contributed by atoms with Gasteiger partial charge in [-0.25, -0.2) is 18.4 Å². The van der Waals surface area contributed by atoms with Crippen molar-refractivity contribution in [3.8, 4) is 0 Å². The van der Waals surface area contributed by atoms with E-state index in [1.807, 2.05) is 0 Å². The standard InChI is InChI=1S/C14H19NO4S2/c1-9-3-2-4-10(7-9)20-13-6-5-11(21(15,18)19)8-12(13)14(16)17/h5-6,8-10H,2-4,7H2,1H3,(H,16,17)(H2,15,18,19). The van der Waals surface area contributed by atoms with Crippen LogP contribution in [0.1, 0.15) is 43.0 Å². The fourth-order valence-corrected chi connectivity index (χ4v) is 4.65. The van der Waals surface area contributed by atoms with Crippen molar-refractivity contribution in [2.24, 2.45) is 11.1 Å². The number of aromatic carboxylic acids is 1. The molecule has 0 aliphatic heterocycles. The molecule has 0 heterocycles. The number of benzene rings is 1. The molecule has 1 aliphatic rings. The summed E-state index contributed by atoms with van der Waals surface area (Å²) in [5.74, 6) is -0.486. The van der Waals surface area contributed by atoms with Crippen LogP contribution in [-0.4, -0.2) is 24.7 Å². The molecule has 0 bridgehead atoms. The molecule has 0 saturated heterocycles. The second kappa shape index (κ2) is 6.37. The normalized spacial score (nSPS) is 23.0. The third-order valence-corrected chi connectivity index (χ3v) is 5.97. The fraction of sp³-hybridized carbons (Fsp3) is 0.500. The van der Waals surface area contributed by atoms with Gasteiger partial charge in [-0.05, 0) is 37.0 Å². The number of carboxylic acids is 1. The van der Waals surface area contributed by atoms with Crippen LogP contribution in [0.2, 0.25) is 0 Å². The lowest BCUT2D eigenvalue weighted by molar-refractivity contribution is 0.0693. The molecule has 0 aromatic heterocycles. The zero-order chi connectivity index (χ0) is 15.6. The van der Waals surface area contributed by atoms with Gasteiger partial charge in [0.2, 0.25) is 10.0 Å². The molecule has 3 N–H and O–H groups in total. The van der Waals surface area contributed by atoms with Crippen molar-refractivity contribution < 1.29 is 18.3 Å². The maximum Gasteiger partial charge on any atom is 0.336 e. The second-order valence-corrected chi connectivity index (χ2v) is 8.42. The molecule has 0 spiro atoms. The van der Waals surface area contributed by atoms with Gasteiger partial charge in [0.1, 0.15) is 0 Å². The number of nitrogens with two attached hydrogens (primary N) is 1. The minimum atomic E-state index is -3.89. The van der Waals surface area contributed by atoms with Crippen LogP contribution in [0.25, 0.3) is 0 Å². The van der Waals surface area contributed by atoms with Gasteiger partial charge in [0.15, 0.2) is 0 Å². The van der Waals surface area contributed by atoms with E-state index in [-0.39, 0.29) is 10.5 Å². The largest absolute Gasteiger partial charge is 0.478 e. The lowest BCUT2D eigenvalue weighted by atomic mass is 9.91. The van der Waals surface area contributed by atoms with Crippen LogP contribution in [0.4, 0.5) is 0 Å². The van der Waals surface area contributed by atoms with Gasteiger partial charge >= 0.3 is 5.97 Å². The molecule has 0 amide bonds. The third kappa shape index (κ3) is 4.21. The molecule has 0 radical (unpaired) electrons. The number of sulfonamides is 1. The molecule has 21 heavy (non-hydrogen) atoms. The number of thioether (sulfide) groups is 1.